The first-order chi connectivity index (χ1) is 4.16. The summed E-state index contributed by atoms with van der Waals surface area (Å²) in [5, 5.41) is 8.56. The summed E-state index contributed by atoms with van der Waals surface area (Å²) in [5.74, 6) is 0. The highest BCUT2D eigenvalue weighted by atomic mass is 14.8. The number of aliphatic imine (C=N–C) groups is 1. The SMILES string of the molecule is CC1=CC(C)(C#N)C=N1. The third kappa shape index (κ3) is 0.996. The molecule has 0 bridgehead atoms. The number of hydrogen-bond acceptors (Lipinski definition) is 2. The van der Waals surface area contributed by atoms with Crippen molar-refractivity contribution < 1.29 is 0 Å². The van der Waals surface area contributed by atoms with E-state index < -0.39 is 5.41 Å². The van der Waals surface area contributed by atoms with Gasteiger partial charge >= 0.3 is 0 Å². The molecule has 0 aromatic heterocycles. The molecule has 1 rings (SSSR count). The minimum Gasteiger partial charge on any atom is -0.264 e. The lowest BCUT2D eigenvalue weighted by Gasteiger charge is -2.02. The third-order valence-electron chi connectivity index (χ3n) is 1.29. The van der Waals surface area contributed by atoms with Crippen LogP contribution in [0, 0.1) is 16.7 Å². The highest BCUT2D eigenvalue weighted by Crippen LogP contribution is 2.22. The molecular weight excluding hydrogens is 112 g/mol. The monoisotopic (exact) mass is 120 g/mol. The lowest BCUT2D eigenvalue weighted by atomic mass is 9.96. The maximum atomic E-state index is 8.56. The second-order valence-corrected chi connectivity index (χ2v) is 2.44. The van der Waals surface area contributed by atoms with E-state index in [2.05, 4.69) is 11.1 Å². The molecule has 1 aliphatic rings. The molecule has 1 atom stereocenters. The predicted molar refractivity (Wildman–Crippen MR) is 36.0 cm³/mol. The Hall–Kier alpha value is -1.10. The van der Waals surface area contributed by atoms with E-state index in [1.807, 2.05) is 19.9 Å². The molecule has 2 heteroatoms. The Morgan fingerprint density at radius 3 is 2.67 bits per heavy atom. The van der Waals surface area contributed by atoms with Gasteiger partial charge in [0, 0.05) is 11.9 Å². The Bertz CT molecular complexity index is 220. The van der Waals surface area contributed by atoms with Crippen LogP contribution in [0.25, 0.3) is 0 Å². The Kier molecular flexibility index (Phi) is 1.14. The molecule has 9 heavy (non-hydrogen) atoms. The smallest absolute Gasteiger partial charge is 0.110 e. The number of nitrogens with zero attached hydrogens (tertiary/aromatic N) is 2. The average Bonchev–Trinajstić information content (AvgIpc) is 2.13. The van der Waals surface area contributed by atoms with Crippen LogP contribution in [0.5, 0.6) is 0 Å². The van der Waals surface area contributed by atoms with E-state index >= 15 is 0 Å². The van der Waals surface area contributed by atoms with Gasteiger partial charge in [0.2, 0.25) is 0 Å². The predicted octanol–water partition coefficient (Wildman–Crippen LogP) is 1.50. The van der Waals surface area contributed by atoms with Gasteiger partial charge in [-0.3, -0.25) is 4.99 Å². The summed E-state index contributed by atoms with van der Waals surface area (Å²) >= 11 is 0. The molecule has 0 radical (unpaired) electrons. The quantitative estimate of drug-likeness (QED) is 0.477. The van der Waals surface area contributed by atoms with Gasteiger partial charge in [0.1, 0.15) is 5.41 Å². The number of hydrogen-bond donors (Lipinski definition) is 0. The lowest BCUT2D eigenvalue weighted by molar-refractivity contribution is 0.822. The Labute approximate surface area is 54.5 Å². The van der Waals surface area contributed by atoms with Gasteiger partial charge in [0.05, 0.1) is 6.07 Å². The first-order valence-electron chi connectivity index (χ1n) is 2.82. The molecule has 0 saturated carbocycles. The van der Waals surface area contributed by atoms with E-state index in [0.29, 0.717) is 0 Å². The second-order valence-electron chi connectivity index (χ2n) is 2.44. The van der Waals surface area contributed by atoms with Gasteiger partial charge in [-0.15, -0.1) is 0 Å². The van der Waals surface area contributed by atoms with Crippen LogP contribution in [0.4, 0.5) is 0 Å². The highest BCUT2D eigenvalue weighted by molar-refractivity contribution is 5.76. The van der Waals surface area contributed by atoms with Crippen LogP contribution in [-0.2, 0) is 0 Å². The maximum Gasteiger partial charge on any atom is 0.110 e. The topological polar surface area (TPSA) is 36.1 Å². The van der Waals surface area contributed by atoms with Gasteiger partial charge in [-0.1, -0.05) is 0 Å². The van der Waals surface area contributed by atoms with Gasteiger partial charge in [0.15, 0.2) is 0 Å². The summed E-state index contributed by atoms with van der Waals surface area (Å²) < 4.78 is 0. The zero-order valence-electron chi connectivity index (χ0n) is 5.55. The Morgan fingerprint density at radius 2 is 2.44 bits per heavy atom. The fraction of sp³-hybridized carbons (Fsp3) is 0.429. The molecule has 0 aromatic rings. The largest absolute Gasteiger partial charge is 0.264 e. The van der Waals surface area contributed by atoms with Gasteiger partial charge in [-0.25, -0.2) is 0 Å². The van der Waals surface area contributed by atoms with E-state index in [9.17, 15) is 0 Å². The fourth-order valence-corrected chi connectivity index (χ4v) is 0.806. The zero-order valence-corrected chi connectivity index (χ0v) is 5.55. The Balaban J connectivity index is 2.94. The van der Waals surface area contributed by atoms with Crippen LogP contribution < -0.4 is 0 Å². The number of rotatable bonds is 0. The fourth-order valence-electron chi connectivity index (χ4n) is 0.806. The summed E-state index contributed by atoms with van der Waals surface area (Å²) in [6.07, 6.45) is 3.52. The van der Waals surface area contributed by atoms with E-state index in [4.69, 9.17) is 5.26 Å². The summed E-state index contributed by atoms with van der Waals surface area (Å²) in [7, 11) is 0. The zero-order chi connectivity index (χ0) is 6.91. The van der Waals surface area contributed by atoms with Crippen LogP contribution in [-0.4, -0.2) is 6.21 Å². The molecule has 1 heterocycles. The molecule has 46 valence electrons. The normalized spacial score (nSPS) is 31.9. The van der Waals surface area contributed by atoms with Crippen LogP contribution in [0.1, 0.15) is 13.8 Å². The molecule has 1 unspecified atom stereocenters. The highest BCUT2D eigenvalue weighted by Gasteiger charge is 2.21. The van der Waals surface area contributed by atoms with Crippen molar-refractivity contribution in [3.8, 4) is 6.07 Å². The van der Waals surface area contributed by atoms with Crippen molar-refractivity contribution in [2.45, 2.75) is 13.8 Å². The molecule has 0 saturated heterocycles. The second kappa shape index (κ2) is 1.70. The first kappa shape index (κ1) is 6.03. The van der Waals surface area contributed by atoms with Gasteiger partial charge in [-0.05, 0) is 19.9 Å². The molecule has 0 N–H and O–H groups in total. The molecule has 0 aromatic carbocycles. The van der Waals surface area contributed by atoms with Crippen molar-refractivity contribution in [3.63, 3.8) is 0 Å². The number of nitriles is 1. The van der Waals surface area contributed by atoms with E-state index in [1.54, 1.807) is 6.21 Å². The average molecular weight is 120 g/mol. The summed E-state index contributed by atoms with van der Waals surface area (Å²) in [6.45, 7) is 3.73. The maximum absolute atomic E-state index is 8.56. The summed E-state index contributed by atoms with van der Waals surface area (Å²) in [5.41, 5.74) is 0.489. The van der Waals surface area contributed by atoms with Gasteiger partial charge in [-0.2, -0.15) is 5.26 Å². The van der Waals surface area contributed by atoms with Crippen LogP contribution in [0.15, 0.2) is 16.8 Å². The number of allylic oxidation sites excluding steroid dienone is 2. The Morgan fingerprint density at radius 1 is 1.78 bits per heavy atom. The van der Waals surface area contributed by atoms with Crippen molar-refractivity contribution in [2.75, 3.05) is 0 Å². The lowest BCUT2D eigenvalue weighted by Crippen LogP contribution is -2.07. The summed E-state index contributed by atoms with van der Waals surface area (Å²) in [4.78, 5) is 3.97. The van der Waals surface area contributed by atoms with Crippen LogP contribution in [0.2, 0.25) is 0 Å². The third-order valence-corrected chi connectivity index (χ3v) is 1.29. The van der Waals surface area contributed by atoms with Crippen molar-refractivity contribution in [1.82, 2.24) is 0 Å². The minimum absolute atomic E-state index is 0.440. The van der Waals surface area contributed by atoms with Crippen LogP contribution in [0.3, 0.4) is 0 Å². The molecule has 2 nitrogen and oxygen atoms in total. The van der Waals surface area contributed by atoms with Crippen molar-refractivity contribution in [3.05, 3.63) is 11.8 Å². The molecule has 0 fully saturated rings. The molecule has 0 amide bonds. The van der Waals surface area contributed by atoms with Crippen molar-refractivity contribution in [1.29, 1.82) is 5.26 Å². The van der Waals surface area contributed by atoms with E-state index in [1.165, 1.54) is 0 Å². The standard InChI is InChI=1S/C7H8N2/c1-6-3-7(2,4-8)5-9-6/h3,5H,1-2H3. The van der Waals surface area contributed by atoms with E-state index in [-0.39, 0.29) is 0 Å². The minimum atomic E-state index is -0.440. The van der Waals surface area contributed by atoms with Crippen LogP contribution >= 0.6 is 0 Å². The van der Waals surface area contributed by atoms with E-state index in [0.717, 1.165) is 5.70 Å². The van der Waals surface area contributed by atoms with Crippen molar-refractivity contribution >= 4 is 6.21 Å². The van der Waals surface area contributed by atoms with Gasteiger partial charge in [0.25, 0.3) is 0 Å². The van der Waals surface area contributed by atoms with Gasteiger partial charge < -0.3 is 0 Å². The molecule has 0 spiro atoms. The molecular formula is C7H8N2. The first-order valence-corrected chi connectivity index (χ1v) is 2.82. The molecule has 1 aliphatic heterocycles. The summed E-state index contributed by atoms with van der Waals surface area (Å²) in [6, 6.07) is 2.14. The molecule has 0 aliphatic carbocycles. The van der Waals surface area contributed by atoms with Crippen molar-refractivity contribution in [2.24, 2.45) is 10.4 Å².